The monoisotopic (exact) mass is 259 g/mol. The highest BCUT2D eigenvalue weighted by molar-refractivity contribution is 5.95. The lowest BCUT2D eigenvalue weighted by Gasteiger charge is -2.19. The number of benzene rings is 1. The van der Waals surface area contributed by atoms with Crippen molar-refractivity contribution in [1.82, 2.24) is 4.90 Å². The molecule has 0 aromatic heterocycles. The topological polar surface area (TPSA) is 40.5 Å². The quantitative estimate of drug-likeness (QED) is 0.834. The number of aliphatic hydroxyl groups is 1. The molecule has 1 aromatic carbocycles. The molecule has 0 spiro atoms. The van der Waals surface area contributed by atoms with Gasteiger partial charge in [0.25, 0.3) is 5.91 Å². The predicted molar refractivity (Wildman–Crippen MR) is 57.5 cm³/mol. The average Bonchev–Trinajstić information content (AvgIpc) is 2.57. The summed E-state index contributed by atoms with van der Waals surface area (Å²) in [7, 11) is 0. The van der Waals surface area contributed by atoms with Crippen molar-refractivity contribution in [3.63, 3.8) is 0 Å². The van der Waals surface area contributed by atoms with E-state index < -0.39 is 34.5 Å². The molecule has 6 heteroatoms. The summed E-state index contributed by atoms with van der Waals surface area (Å²) in [6.45, 7) is 1.75. The van der Waals surface area contributed by atoms with Crippen LogP contribution in [-0.2, 0) is 0 Å². The molecular formula is C12H12F3NO2. The molecule has 0 saturated carbocycles. The summed E-state index contributed by atoms with van der Waals surface area (Å²) in [6.07, 6.45) is 0.336. The van der Waals surface area contributed by atoms with Crippen molar-refractivity contribution in [3.05, 3.63) is 35.1 Å². The molecule has 18 heavy (non-hydrogen) atoms. The van der Waals surface area contributed by atoms with Crippen LogP contribution in [0.25, 0.3) is 0 Å². The van der Waals surface area contributed by atoms with Gasteiger partial charge in [-0.1, -0.05) is 0 Å². The first-order chi connectivity index (χ1) is 8.30. The SMILES string of the molecule is CC1(O)CCN(C(=O)c2c(F)cc(F)cc2F)C1. The van der Waals surface area contributed by atoms with E-state index in [1.54, 1.807) is 0 Å². The second-order valence-corrected chi connectivity index (χ2v) is 4.72. The summed E-state index contributed by atoms with van der Waals surface area (Å²) in [5, 5.41) is 9.70. The fourth-order valence-corrected chi connectivity index (χ4v) is 2.02. The van der Waals surface area contributed by atoms with Gasteiger partial charge in [0.2, 0.25) is 0 Å². The van der Waals surface area contributed by atoms with Crippen molar-refractivity contribution in [2.75, 3.05) is 13.1 Å². The van der Waals surface area contributed by atoms with E-state index in [0.29, 0.717) is 18.6 Å². The molecule has 1 heterocycles. The van der Waals surface area contributed by atoms with Gasteiger partial charge < -0.3 is 10.0 Å². The average molecular weight is 259 g/mol. The molecule has 1 N–H and O–H groups in total. The molecule has 0 bridgehead atoms. The van der Waals surface area contributed by atoms with Gasteiger partial charge in [-0.05, 0) is 13.3 Å². The zero-order valence-corrected chi connectivity index (χ0v) is 9.71. The van der Waals surface area contributed by atoms with Crippen molar-refractivity contribution in [1.29, 1.82) is 0 Å². The third-order valence-electron chi connectivity index (χ3n) is 2.96. The maximum Gasteiger partial charge on any atom is 0.259 e. The van der Waals surface area contributed by atoms with E-state index in [1.165, 1.54) is 6.92 Å². The number of β-amino-alcohol motifs (C(OH)–C–C–N with tert-alkyl or cyclic N) is 1. The van der Waals surface area contributed by atoms with Crippen molar-refractivity contribution >= 4 is 5.91 Å². The van der Waals surface area contributed by atoms with Crippen LogP contribution in [0.5, 0.6) is 0 Å². The maximum atomic E-state index is 13.4. The number of likely N-dealkylation sites (tertiary alicyclic amines) is 1. The van der Waals surface area contributed by atoms with Crippen LogP contribution < -0.4 is 0 Å². The third-order valence-corrected chi connectivity index (χ3v) is 2.96. The second-order valence-electron chi connectivity index (χ2n) is 4.72. The Balaban J connectivity index is 2.30. The van der Waals surface area contributed by atoms with Gasteiger partial charge in [0, 0.05) is 25.2 Å². The Labute approximate surface area is 102 Å². The van der Waals surface area contributed by atoms with Gasteiger partial charge in [-0.2, -0.15) is 0 Å². The van der Waals surface area contributed by atoms with Crippen LogP contribution in [-0.4, -0.2) is 34.6 Å². The minimum atomic E-state index is -1.23. The Hall–Kier alpha value is -1.56. The highest BCUT2D eigenvalue weighted by Gasteiger charge is 2.36. The van der Waals surface area contributed by atoms with E-state index in [1.807, 2.05) is 0 Å². The lowest BCUT2D eigenvalue weighted by Crippen LogP contribution is -2.34. The molecule has 2 rings (SSSR count). The van der Waals surface area contributed by atoms with Crippen LogP contribution in [0, 0.1) is 17.5 Å². The molecule has 1 amide bonds. The molecule has 0 radical (unpaired) electrons. The summed E-state index contributed by atoms with van der Waals surface area (Å²) in [4.78, 5) is 13.1. The summed E-state index contributed by atoms with van der Waals surface area (Å²) in [6, 6.07) is 0.926. The van der Waals surface area contributed by atoms with E-state index in [9.17, 15) is 23.1 Å². The van der Waals surface area contributed by atoms with E-state index in [4.69, 9.17) is 0 Å². The molecular weight excluding hydrogens is 247 g/mol. The van der Waals surface area contributed by atoms with Crippen molar-refractivity contribution in [3.8, 4) is 0 Å². The highest BCUT2D eigenvalue weighted by Crippen LogP contribution is 2.24. The number of nitrogens with zero attached hydrogens (tertiary/aromatic N) is 1. The van der Waals surface area contributed by atoms with Gasteiger partial charge in [0.05, 0.1) is 5.60 Å². The van der Waals surface area contributed by atoms with E-state index >= 15 is 0 Å². The Morgan fingerprint density at radius 1 is 1.33 bits per heavy atom. The molecule has 3 nitrogen and oxygen atoms in total. The number of amides is 1. The van der Waals surface area contributed by atoms with Gasteiger partial charge >= 0.3 is 0 Å². The van der Waals surface area contributed by atoms with Crippen LogP contribution in [0.2, 0.25) is 0 Å². The molecule has 1 saturated heterocycles. The predicted octanol–water partition coefficient (Wildman–Crippen LogP) is 1.70. The third kappa shape index (κ3) is 2.33. The minimum absolute atomic E-state index is 0.00207. The Kier molecular flexibility index (Phi) is 3.06. The number of carbonyl (C=O) groups excluding carboxylic acids is 1. The van der Waals surface area contributed by atoms with Gasteiger partial charge in [0.1, 0.15) is 23.0 Å². The zero-order valence-electron chi connectivity index (χ0n) is 9.71. The fourth-order valence-electron chi connectivity index (χ4n) is 2.02. The first-order valence-corrected chi connectivity index (χ1v) is 5.46. The summed E-state index contributed by atoms with van der Waals surface area (Å²) >= 11 is 0. The van der Waals surface area contributed by atoms with Gasteiger partial charge in [0.15, 0.2) is 0 Å². The van der Waals surface area contributed by atoms with Gasteiger partial charge in [-0.3, -0.25) is 4.79 Å². The number of carbonyl (C=O) groups is 1. The first-order valence-electron chi connectivity index (χ1n) is 5.46. The smallest absolute Gasteiger partial charge is 0.259 e. The molecule has 1 aliphatic heterocycles. The normalized spacial score (nSPS) is 23.5. The molecule has 1 aromatic rings. The maximum absolute atomic E-state index is 13.4. The van der Waals surface area contributed by atoms with E-state index in [-0.39, 0.29) is 13.1 Å². The largest absolute Gasteiger partial charge is 0.388 e. The van der Waals surface area contributed by atoms with Crippen LogP contribution in [0.1, 0.15) is 23.7 Å². The minimum Gasteiger partial charge on any atom is -0.388 e. The highest BCUT2D eigenvalue weighted by atomic mass is 19.1. The summed E-state index contributed by atoms with van der Waals surface area (Å²) in [5.41, 5.74) is -1.84. The van der Waals surface area contributed by atoms with Crippen LogP contribution in [0.3, 0.4) is 0 Å². The van der Waals surface area contributed by atoms with Crippen LogP contribution in [0.4, 0.5) is 13.2 Å². The Bertz CT molecular complexity index is 479. The number of rotatable bonds is 1. The van der Waals surface area contributed by atoms with Crippen LogP contribution >= 0.6 is 0 Å². The molecule has 1 atom stereocenters. The Morgan fingerprint density at radius 3 is 2.33 bits per heavy atom. The lowest BCUT2D eigenvalue weighted by molar-refractivity contribution is 0.0566. The zero-order chi connectivity index (χ0) is 13.5. The molecule has 98 valence electrons. The number of hydrogen-bond acceptors (Lipinski definition) is 2. The number of halogens is 3. The number of hydrogen-bond donors (Lipinski definition) is 1. The van der Waals surface area contributed by atoms with Crippen LogP contribution in [0.15, 0.2) is 12.1 Å². The molecule has 1 unspecified atom stereocenters. The second kappa shape index (κ2) is 4.28. The lowest BCUT2D eigenvalue weighted by atomic mass is 10.1. The van der Waals surface area contributed by atoms with Crippen molar-refractivity contribution in [2.24, 2.45) is 0 Å². The molecule has 1 aliphatic rings. The van der Waals surface area contributed by atoms with E-state index in [0.717, 1.165) is 4.90 Å². The van der Waals surface area contributed by atoms with E-state index in [2.05, 4.69) is 0 Å². The van der Waals surface area contributed by atoms with Crippen molar-refractivity contribution < 1.29 is 23.1 Å². The summed E-state index contributed by atoms with van der Waals surface area (Å²) in [5.74, 6) is -4.41. The summed E-state index contributed by atoms with van der Waals surface area (Å²) < 4.78 is 39.6. The van der Waals surface area contributed by atoms with Gasteiger partial charge in [-0.15, -0.1) is 0 Å². The molecule has 0 aliphatic carbocycles. The first kappa shape index (κ1) is 12.9. The standard InChI is InChI=1S/C12H12F3NO2/c1-12(18)2-3-16(6-12)11(17)10-8(14)4-7(13)5-9(10)15/h4-5,18H,2-3,6H2,1H3. The molecule has 1 fully saturated rings. The van der Waals surface area contributed by atoms with Crippen molar-refractivity contribution in [2.45, 2.75) is 18.9 Å². The fraction of sp³-hybridized carbons (Fsp3) is 0.417. The Morgan fingerprint density at radius 2 is 1.89 bits per heavy atom. The van der Waals surface area contributed by atoms with Gasteiger partial charge in [-0.25, -0.2) is 13.2 Å².